The topological polar surface area (TPSA) is 89.6 Å². The van der Waals surface area contributed by atoms with Gasteiger partial charge in [0.1, 0.15) is 0 Å². The monoisotopic (exact) mass is 161 g/mol. The fourth-order valence-electron chi connectivity index (χ4n) is 0.174. The highest BCUT2D eigenvalue weighted by Gasteiger charge is 1.95. The number of rotatable bonds is 1. The van der Waals surface area contributed by atoms with E-state index in [1.165, 1.54) is 7.11 Å². The summed E-state index contributed by atoms with van der Waals surface area (Å²) in [6.45, 7) is 4.95. The summed E-state index contributed by atoms with van der Waals surface area (Å²) in [5.74, 6) is -0.347. The molecule has 0 unspecified atom stereocenters. The maximum Gasteiger partial charge on any atom is 0.402 e. The second kappa shape index (κ2) is 6.60. The smallest absolute Gasteiger partial charge is 0.402 e. The van der Waals surface area contributed by atoms with Gasteiger partial charge in [-0.05, 0) is 6.92 Å². The number of nitrogens with two attached hydrogens (primary N) is 1. The Kier molecular flexibility index (Phi) is 7.31. The van der Waals surface area contributed by atoms with Crippen molar-refractivity contribution in [1.29, 1.82) is 0 Å². The van der Waals surface area contributed by atoms with Crippen LogP contribution in [-0.2, 0) is 9.53 Å². The van der Waals surface area contributed by atoms with E-state index in [4.69, 9.17) is 9.90 Å². The molecular formula is C6H11NO4. The molecule has 0 aliphatic carbocycles. The van der Waals surface area contributed by atoms with E-state index in [0.29, 0.717) is 5.57 Å². The van der Waals surface area contributed by atoms with Crippen LogP contribution in [-0.4, -0.2) is 24.3 Å². The van der Waals surface area contributed by atoms with Crippen molar-refractivity contribution in [2.75, 3.05) is 7.11 Å². The van der Waals surface area contributed by atoms with Crippen molar-refractivity contribution in [2.45, 2.75) is 6.92 Å². The van der Waals surface area contributed by atoms with Gasteiger partial charge >= 0.3 is 12.1 Å². The minimum Gasteiger partial charge on any atom is -0.466 e. The summed E-state index contributed by atoms with van der Waals surface area (Å²) in [7, 11) is 1.33. The van der Waals surface area contributed by atoms with Crippen molar-refractivity contribution >= 4 is 12.1 Å². The molecule has 0 saturated carbocycles. The van der Waals surface area contributed by atoms with Gasteiger partial charge in [-0.3, -0.25) is 0 Å². The zero-order chi connectivity index (χ0) is 9.44. The number of methoxy groups -OCH3 is 1. The summed E-state index contributed by atoms with van der Waals surface area (Å²) in [4.78, 5) is 19.0. The Bertz CT molecular complexity index is 160. The van der Waals surface area contributed by atoms with Crippen molar-refractivity contribution in [2.24, 2.45) is 5.73 Å². The number of esters is 1. The Morgan fingerprint density at radius 2 is 1.82 bits per heavy atom. The fourth-order valence-corrected chi connectivity index (χ4v) is 0.174. The van der Waals surface area contributed by atoms with Gasteiger partial charge in [0.15, 0.2) is 0 Å². The normalized spacial score (nSPS) is 7.09. The molecule has 3 N–H and O–H groups in total. The fraction of sp³-hybridized carbons (Fsp3) is 0.333. The van der Waals surface area contributed by atoms with Gasteiger partial charge in [-0.1, -0.05) is 6.58 Å². The first-order valence-electron chi connectivity index (χ1n) is 2.64. The van der Waals surface area contributed by atoms with E-state index in [9.17, 15) is 4.79 Å². The lowest BCUT2D eigenvalue weighted by molar-refractivity contribution is -0.136. The van der Waals surface area contributed by atoms with Gasteiger partial charge in [0.05, 0.1) is 7.11 Å². The van der Waals surface area contributed by atoms with E-state index in [1.54, 1.807) is 6.92 Å². The van der Waals surface area contributed by atoms with Crippen LogP contribution in [0.15, 0.2) is 12.2 Å². The van der Waals surface area contributed by atoms with Crippen molar-refractivity contribution in [3.63, 3.8) is 0 Å². The third-order valence-corrected chi connectivity index (χ3v) is 0.534. The number of amides is 1. The molecule has 0 saturated heterocycles. The summed E-state index contributed by atoms with van der Waals surface area (Å²) in [5.41, 5.74) is 4.46. The van der Waals surface area contributed by atoms with E-state index < -0.39 is 6.09 Å². The Morgan fingerprint density at radius 3 is 1.82 bits per heavy atom. The Morgan fingerprint density at radius 1 is 1.55 bits per heavy atom. The van der Waals surface area contributed by atoms with Gasteiger partial charge in [-0.15, -0.1) is 0 Å². The number of primary amides is 1. The van der Waals surface area contributed by atoms with Crippen LogP contribution in [0, 0.1) is 0 Å². The molecule has 0 spiro atoms. The number of carboxylic acid groups (broad SMARTS) is 1. The summed E-state index contributed by atoms with van der Waals surface area (Å²) in [5, 5.41) is 7.19. The number of hydrogen-bond acceptors (Lipinski definition) is 3. The zero-order valence-corrected chi connectivity index (χ0v) is 6.46. The molecule has 1 amide bonds. The molecule has 0 aromatic carbocycles. The summed E-state index contributed by atoms with van der Waals surface area (Å²) >= 11 is 0. The van der Waals surface area contributed by atoms with Crippen LogP contribution in [0.25, 0.3) is 0 Å². The third-order valence-electron chi connectivity index (χ3n) is 0.534. The average molecular weight is 161 g/mol. The minimum atomic E-state index is -1.33. The van der Waals surface area contributed by atoms with Gasteiger partial charge < -0.3 is 15.6 Å². The molecule has 0 aliphatic heterocycles. The second-order valence-corrected chi connectivity index (χ2v) is 1.61. The molecule has 0 rings (SSSR count). The molecule has 5 nitrogen and oxygen atoms in total. The van der Waals surface area contributed by atoms with E-state index >= 15 is 0 Å². The van der Waals surface area contributed by atoms with Crippen molar-refractivity contribution in [3.8, 4) is 0 Å². The van der Waals surface area contributed by atoms with E-state index in [0.717, 1.165) is 0 Å². The van der Waals surface area contributed by atoms with Crippen LogP contribution in [0.3, 0.4) is 0 Å². The number of carbonyl (C=O) groups is 2. The molecule has 0 heterocycles. The molecule has 5 heteroatoms. The summed E-state index contributed by atoms with van der Waals surface area (Å²) in [6.07, 6.45) is -1.33. The van der Waals surface area contributed by atoms with E-state index in [-0.39, 0.29) is 5.97 Å². The quantitative estimate of drug-likeness (QED) is 0.429. The van der Waals surface area contributed by atoms with E-state index in [2.05, 4.69) is 17.0 Å². The van der Waals surface area contributed by atoms with Crippen LogP contribution >= 0.6 is 0 Å². The van der Waals surface area contributed by atoms with Crippen LogP contribution in [0.5, 0.6) is 0 Å². The number of carbonyl (C=O) groups excluding carboxylic acids is 1. The highest BCUT2D eigenvalue weighted by Crippen LogP contribution is 1.87. The Labute approximate surface area is 64.5 Å². The lowest BCUT2D eigenvalue weighted by atomic mass is 10.4. The van der Waals surface area contributed by atoms with E-state index in [1.807, 2.05) is 0 Å². The molecule has 0 atom stereocenters. The maximum atomic E-state index is 10.2. The van der Waals surface area contributed by atoms with Crippen LogP contribution in [0.4, 0.5) is 4.79 Å². The molecule has 0 fully saturated rings. The maximum absolute atomic E-state index is 10.2. The van der Waals surface area contributed by atoms with Gasteiger partial charge in [0, 0.05) is 5.57 Å². The van der Waals surface area contributed by atoms with Gasteiger partial charge in [-0.2, -0.15) is 0 Å². The van der Waals surface area contributed by atoms with Crippen molar-refractivity contribution in [3.05, 3.63) is 12.2 Å². The first-order chi connectivity index (χ1) is 4.91. The molecule has 0 aliphatic rings. The van der Waals surface area contributed by atoms with Crippen LogP contribution in [0.2, 0.25) is 0 Å². The van der Waals surface area contributed by atoms with Crippen LogP contribution < -0.4 is 5.73 Å². The standard InChI is InChI=1S/C5H8O2.CH3NO2/c1-4(2)5(6)7-3;2-1(3)4/h1H2,2-3H3;2H2,(H,3,4). The predicted octanol–water partition coefficient (Wildman–Crippen LogP) is 0.359. The third kappa shape index (κ3) is 17.7. The molecular weight excluding hydrogens is 150 g/mol. The minimum absolute atomic E-state index is 0.347. The number of hydrogen-bond donors (Lipinski definition) is 2. The van der Waals surface area contributed by atoms with Crippen LogP contribution in [0.1, 0.15) is 6.92 Å². The Hall–Kier alpha value is -1.52. The second-order valence-electron chi connectivity index (χ2n) is 1.61. The Balaban J connectivity index is 0. The molecule has 0 aromatic heterocycles. The molecule has 11 heavy (non-hydrogen) atoms. The largest absolute Gasteiger partial charge is 0.466 e. The first-order valence-corrected chi connectivity index (χ1v) is 2.64. The predicted molar refractivity (Wildman–Crippen MR) is 39.0 cm³/mol. The highest BCUT2D eigenvalue weighted by molar-refractivity contribution is 5.86. The SMILES string of the molecule is C=C(C)C(=O)OC.NC(=O)O. The molecule has 64 valence electrons. The van der Waals surface area contributed by atoms with Gasteiger partial charge in [-0.25, -0.2) is 9.59 Å². The summed E-state index contributed by atoms with van der Waals surface area (Å²) in [6, 6.07) is 0. The molecule has 0 radical (unpaired) electrons. The van der Waals surface area contributed by atoms with Crippen molar-refractivity contribution < 1.29 is 19.4 Å². The number of ether oxygens (including phenoxy) is 1. The van der Waals surface area contributed by atoms with Gasteiger partial charge in [0.2, 0.25) is 0 Å². The zero-order valence-electron chi connectivity index (χ0n) is 6.46. The highest BCUT2D eigenvalue weighted by atomic mass is 16.5. The van der Waals surface area contributed by atoms with Gasteiger partial charge in [0.25, 0.3) is 0 Å². The molecule has 0 aromatic rings. The lowest BCUT2D eigenvalue weighted by Gasteiger charge is -1.91. The van der Waals surface area contributed by atoms with Crippen molar-refractivity contribution in [1.82, 2.24) is 0 Å². The first kappa shape index (κ1) is 12.2. The summed E-state index contributed by atoms with van der Waals surface area (Å²) < 4.78 is 4.27. The average Bonchev–Trinajstić information content (AvgIpc) is 1.85. The molecule has 0 bridgehead atoms. The lowest BCUT2D eigenvalue weighted by Crippen LogP contribution is -2.03.